The fourth-order valence-electron chi connectivity index (χ4n) is 3.27. The maximum atomic E-state index is 12.5. The Morgan fingerprint density at radius 3 is 2.74 bits per heavy atom. The fourth-order valence-corrected chi connectivity index (χ4v) is 3.27. The quantitative estimate of drug-likeness (QED) is 0.799. The lowest BCUT2D eigenvalue weighted by molar-refractivity contribution is 0.0527. The number of benzene rings is 1. The second kappa shape index (κ2) is 6.90. The first-order valence-electron chi connectivity index (χ1n) is 8.42. The standard InChI is InChI=1S/C19H24N2O2/c1-3-23-19(22)17-14-16(20-11-6-7-12-20)9-10-18(17)21-13-5-4-8-15(21)2/h6-7,9-12,14-15H,3-5,8,13H2,1-2H3/t15-/m0/s1. The molecule has 0 aliphatic carbocycles. The van der Waals surface area contributed by atoms with Crippen molar-refractivity contribution in [1.82, 2.24) is 4.57 Å². The van der Waals surface area contributed by atoms with Crippen molar-refractivity contribution in [2.45, 2.75) is 39.2 Å². The Labute approximate surface area is 137 Å². The molecule has 4 heteroatoms. The molecule has 0 spiro atoms. The van der Waals surface area contributed by atoms with Gasteiger partial charge in [-0.05, 0) is 63.4 Å². The number of anilines is 1. The Balaban J connectivity index is 2.02. The lowest BCUT2D eigenvalue weighted by Gasteiger charge is -2.36. The monoisotopic (exact) mass is 312 g/mol. The Kier molecular flexibility index (Phi) is 4.70. The van der Waals surface area contributed by atoms with E-state index in [4.69, 9.17) is 4.74 Å². The summed E-state index contributed by atoms with van der Waals surface area (Å²) in [7, 11) is 0. The number of hydrogen-bond donors (Lipinski definition) is 0. The number of carbonyl (C=O) groups is 1. The second-order valence-electron chi connectivity index (χ2n) is 6.05. The third-order valence-electron chi connectivity index (χ3n) is 4.49. The van der Waals surface area contributed by atoms with Crippen LogP contribution in [0.2, 0.25) is 0 Å². The molecule has 23 heavy (non-hydrogen) atoms. The molecule has 0 amide bonds. The molecule has 4 nitrogen and oxygen atoms in total. The summed E-state index contributed by atoms with van der Waals surface area (Å²) in [6, 6.07) is 10.5. The van der Waals surface area contributed by atoms with Crippen LogP contribution in [0.1, 0.15) is 43.5 Å². The molecule has 0 bridgehead atoms. The van der Waals surface area contributed by atoms with Gasteiger partial charge in [-0.3, -0.25) is 0 Å². The summed E-state index contributed by atoms with van der Waals surface area (Å²) in [5.41, 5.74) is 2.63. The summed E-state index contributed by atoms with van der Waals surface area (Å²) in [5, 5.41) is 0. The molecule has 1 aliphatic heterocycles. The Hall–Kier alpha value is -2.23. The molecule has 1 fully saturated rings. The fraction of sp³-hybridized carbons (Fsp3) is 0.421. The van der Waals surface area contributed by atoms with Crippen molar-refractivity contribution in [2.24, 2.45) is 0 Å². The topological polar surface area (TPSA) is 34.5 Å². The highest BCUT2D eigenvalue weighted by molar-refractivity contribution is 5.96. The Bertz CT molecular complexity index is 664. The van der Waals surface area contributed by atoms with Gasteiger partial charge in [0.1, 0.15) is 0 Å². The maximum absolute atomic E-state index is 12.5. The summed E-state index contributed by atoms with van der Waals surface area (Å²) in [6.45, 7) is 5.46. The van der Waals surface area contributed by atoms with Gasteiger partial charge in [-0.2, -0.15) is 0 Å². The van der Waals surface area contributed by atoms with E-state index in [-0.39, 0.29) is 5.97 Å². The van der Waals surface area contributed by atoms with E-state index in [1.807, 2.05) is 42.1 Å². The normalized spacial score (nSPS) is 18.0. The summed E-state index contributed by atoms with van der Waals surface area (Å²) in [4.78, 5) is 14.8. The number of hydrogen-bond acceptors (Lipinski definition) is 3. The zero-order chi connectivity index (χ0) is 16.2. The third-order valence-corrected chi connectivity index (χ3v) is 4.49. The summed E-state index contributed by atoms with van der Waals surface area (Å²) < 4.78 is 7.30. The molecule has 0 radical (unpaired) electrons. The Morgan fingerprint density at radius 1 is 1.26 bits per heavy atom. The molecule has 3 rings (SSSR count). The van der Waals surface area contributed by atoms with Crippen molar-refractivity contribution in [3.63, 3.8) is 0 Å². The van der Waals surface area contributed by atoms with Crippen LogP contribution in [0.4, 0.5) is 5.69 Å². The molecule has 2 aromatic rings. The van der Waals surface area contributed by atoms with Crippen LogP contribution in [-0.4, -0.2) is 29.7 Å². The average Bonchev–Trinajstić information content (AvgIpc) is 3.10. The molecule has 1 aliphatic rings. The maximum Gasteiger partial charge on any atom is 0.340 e. The van der Waals surface area contributed by atoms with E-state index in [1.165, 1.54) is 19.3 Å². The molecule has 1 atom stereocenters. The van der Waals surface area contributed by atoms with Gasteiger partial charge >= 0.3 is 5.97 Å². The van der Waals surface area contributed by atoms with Gasteiger partial charge in [-0.15, -0.1) is 0 Å². The smallest absolute Gasteiger partial charge is 0.340 e. The molecular formula is C19H24N2O2. The van der Waals surface area contributed by atoms with Gasteiger partial charge in [0.15, 0.2) is 0 Å². The number of nitrogens with zero attached hydrogens (tertiary/aromatic N) is 2. The predicted molar refractivity (Wildman–Crippen MR) is 92.4 cm³/mol. The van der Waals surface area contributed by atoms with Crippen LogP contribution < -0.4 is 4.90 Å². The van der Waals surface area contributed by atoms with Crippen LogP contribution in [0.25, 0.3) is 5.69 Å². The molecule has 1 aromatic heterocycles. The molecule has 0 saturated carbocycles. The van der Waals surface area contributed by atoms with Gasteiger partial charge < -0.3 is 14.2 Å². The van der Waals surface area contributed by atoms with Gasteiger partial charge in [0.25, 0.3) is 0 Å². The van der Waals surface area contributed by atoms with Crippen LogP contribution in [0, 0.1) is 0 Å². The van der Waals surface area contributed by atoms with Crippen molar-refractivity contribution in [2.75, 3.05) is 18.1 Å². The van der Waals surface area contributed by atoms with E-state index < -0.39 is 0 Å². The first-order chi connectivity index (χ1) is 11.2. The highest BCUT2D eigenvalue weighted by Crippen LogP contribution is 2.30. The zero-order valence-corrected chi connectivity index (χ0v) is 13.9. The SMILES string of the molecule is CCOC(=O)c1cc(-n2cccc2)ccc1N1CCCC[C@@H]1C. The molecule has 2 heterocycles. The number of ether oxygens (including phenoxy) is 1. The minimum absolute atomic E-state index is 0.241. The van der Waals surface area contributed by atoms with Gasteiger partial charge in [-0.25, -0.2) is 4.79 Å². The van der Waals surface area contributed by atoms with Crippen molar-refractivity contribution >= 4 is 11.7 Å². The molecule has 1 saturated heterocycles. The molecular weight excluding hydrogens is 288 g/mol. The third kappa shape index (κ3) is 3.26. The number of aromatic nitrogens is 1. The van der Waals surface area contributed by atoms with Gasteiger partial charge in [0.2, 0.25) is 0 Å². The average molecular weight is 312 g/mol. The highest BCUT2D eigenvalue weighted by atomic mass is 16.5. The van der Waals surface area contributed by atoms with E-state index in [2.05, 4.69) is 24.0 Å². The van der Waals surface area contributed by atoms with Crippen molar-refractivity contribution < 1.29 is 9.53 Å². The van der Waals surface area contributed by atoms with E-state index >= 15 is 0 Å². The molecule has 1 aromatic carbocycles. The molecule has 122 valence electrons. The summed E-state index contributed by atoms with van der Waals surface area (Å²) >= 11 is 0. The van der Waals surface area contributed by atoms with Gasteiger partial charge in [-0.1, -0.05) is 0 Å². The summed E-state index contributed by atoms with van der Waals surface area (Å²) in [5.74, 6) is -0.241. The van der Waals surface area contributed by atoms with E-state index in [0.717, 1.165) is 17.9 Å². The number of piperidine rings is 1. The van der Waals surface area contributed by atoms with E-state index in [9.17, 15) is 4.79 Å². The van der Waals surface area contributed by atoms with Crippen LogP contribution in [0.15, 0.2) is 42.7 Å². The summed E-state index contributed by atoms with van der Waals surface area (Å²) in [6.07, 6.45) is 7.56. The van der Waals surface area contributed by atoms with Crippen LogP contribution in [0.3, 0.4) is 0 Å². The van der Waals surface area contributed by atoms with Crippen LogP contribution in [-0.2, 0) is 4.74 Å². The van der Waals surface area contributed by atoms with E-state index in [1.54, 1.807) is 0 Å². The lowest BCUT2D eigenvalue weighted by atomic mass is 10.0. The minimum atomic E-state index is -0.241. The lowest BCUT2D eigenvalue weighted by Crippen LogP contribution is -2.38. The van der Waals surface area contributed by atoms with Crippen LogP contribution in [0.5, 0.6) is 0 Å². The molecule has 0 unspecified atom stereocenters. The zero-order valence-electron chi connectivity index (χ0n) is 13.9. The van der Waals surface area contributed by atoms with Crippen molar-refractivity contribution in [3.05, 3.63) is 48.3 Å². The number of esters is 1. The number of rotatable bonds is 4. The first-order valence-corrected chi connectivity index (χ1v) is 8.42. The number of carbonyl (C=O) groups excluding carboxylic acids is 1. The van der Waals surface area contributed by atoms with Crippen LogP contribution >= 0.6 is 0 Å². The molecule has 0 N–H and O–H groups in total. The van der Waals surface area contributed by atoms with Gasteiger partial charge in [0.05, 0.1) is 17.9 Å². The van der Waals surface area contributed by atoms with Gasteiger partial charge in [0, 0.05) is 30.7 Å². The Morgan fingerprint density at radius 2 is 2.04 bits per heavy atom. The minimum Gasteiger partial charge on any atom is -0.462 e. The first kappa shape index (κ1) is 15.7. The largest absolute Gasteiger partial charge is 0.462 e. The van der Waals surface area contributed by atoms with Crippen molar-refractivity contribution in [3.8, 4) is 5.69 Å². The predicted octanol–water partition coefficient (Wildman–Crippen LogP) is 4.03. The highest BCUT2D eigenvalue weighted by Gasteiger charge is 2.24. The second-order valence-corrected chi connectivity index (χ2v) is 6.05. The van der Waals surface area contributed by atoms with Crippen molar-refractivity contribution in [1.29, 1.82) is 0 Å². The van der Waals surface area contributed by atoms with E-state index in [0.29, 0.717) is 18.2 Å².